The van der Waals surface area contributed by atoms with Crippen LogP contribution < -0.4 is 5.32 Å². The van der Waals surface area contributed by atoms with Gasteiger partial charge in [-0.1, -0.05) is 0 Å². The molecule has 4 aromatic rings. The first kappa shape index (κ1) is 17.8. The van der Waals surface area contributed by atoms with Crippen molar-refractivity contribution in [2.45, 2.75) is 19.6 Å². The van der Waals surface area contributed by atoms with Gasteiger partial charge in [-0.05, 0) is 48.9 Å². The lowest BCUT2D eigenvalue weighted by atomic mass is 10.1. The van der Waals surface area contributed by atoms with Gasteiger partial charge in [-0.25, -0.2) is 13.9 Å². The van der Waals surface area contributed by atoms with Gasteiger partial charge in [-0.3, -0.25) is 0 Å². The molecule has 3 heterocycles. The Kier molecular flexibility index (Phi) is 4.58. The number of halogens is 1. The fraction of sp³-hybridized carbons (Fsp3) is 0.158. The fourth-order valence-electron chi connectivity index (χ4n) is 2.92. The van der Waals surface area contributed by atoms with Crippen molar-refractivity contribution in [2.75, 3.05) is 5.32 Å². The molecular weight excluding hydrogens is 363 g/mol. The number of nitrogens with one attached hydrogen (secondary N) is 1. The third-order valence-electron chi connectivity index (χ3n) is 4.34. The number of aromatic nitrogens is 5. The monoisotopic (exact) mass is 380 g/mol. The number of hydrogen-bond acceptors (Lipinski definition) is 7. The van der Waals surface area contributed by atoms with E-state index in [4.69, 9.17) is 0 Å². The number of aromatic hydroxyl groups is 1. The van der Waals surface area contributed by atoms with Crippen molar-refractivity contribution < 1.29 is 14.6 Å². The number of fused-ring (bicyclic) bond motifs is 1. The molecule has 1 atom stereocenters. The predicted molar refractivity (Wildman–Crippen MR) is 100 cm³/mol. The van der Waals surface area contributed by atoms with E-state index in [1.807, 2.05) is 0 Å². The minimum atomic E-state index is -0.427. The van der Waals surface area contributed by atoms with E-state index in [1.54, 1.807) is 35.8 Å². The van der Waals surface area contributed by atoms with Crippen LogP contribution in [0.5, 0.6) is 5.75 Å². The van der Waals surface area contributed by atoms with Crippen LogP contribution in [-0.2, 0) is 6.61 Å². The summed E-state index contributed by atoms with van der Waals surface area (Å²) >= 11 is 0. The number of nitrogens with zero attached hydrogens (tertiary/aromatic N) is 5. The summed E-state index contributed by atoms with van der Waals surface area (Å²) in [6.07, 6.45) is 3.11. The van der Waals surface area contributed by atoms with Crippen LogP contribution in [0.25, 0.3) is 17.0 Å². The molecule has 0 bridgehead atoms. The van der Waals surface area contributed by atoms with Crippen LogP contribution in [0.4, 0.5) is 10.2 Å². The number of aliphatic hydroxyl groups excluding tert-OH is 1. The molecule has 1 aromatic carbocycles. The van der Waals surface area contributed by atoms with Gasteiger partial charge in [-0.15, -0.1) is 10.2 Å². The molecule has 3 aromatic heterocycles. The summed E-state index contributed by atoms with van der Waals surface area (Å²) in [4.78, 5) is 4.31. The highest BCUT2D eigenvalue weighted by atomic mass is 19.1. The average Bonchev–Trinajstić information content (AvgIpc) is 3.13. The van der Waals surface area contributed by atoms with Gasteiger partial charge < -0.3 is 15.5 Å². The third-order valence-corrected chi connectivity index (χ3v) is 4.34. The van der Waals surface area contributed by atoms with Crippen LogP contribution in [0.2, 0.25) is 0 Å². The Morgan fingerprint density at radius 2 is 2.04 bits per heavy atom. The summed E-state index contributed by atoms with van der Waals surface area (Å²) in [5.41, 5.74) is 2.80. The summed E-state index contributed by atoms with van der Waals surface area (Å²) < 4.78 is 15.1. The van der Waals surface area contributed by atoms with Crippen molar-refractivity contribution in [3.63, 3.8) is 0 Å². The second-order valence-electron chi connectivity index (χ2n) is 6.31. The molecule has 0 radical (unpaired) electrons. The zero-order valence-electron chi connectivity index (χ0n) is 14.9. The van der Waals surface area contributed by atoms with Gasteiger partial charge in [0.2, 0.25) is 0 Å². The molecule has 0 aliphatic heterocycles. The highest BCUT2D eigenvalue weighted by Gasteiger charge is 2.14. The van der Waals surface area contributed by atoms with E-state index in [9.17, 15) is 14.6 Å². The lowest BCUT2D eigenvalue weighted by Gasteiger charge is -2.16. The largest absolute Gasteiger partial charge is 0.508 e. The van der Waals surface area contributed by atoms with Crippen LogP contribution in [0.15, 0.2) is 48.8 Å². The molecule has 0 spiro atoms. The number of phenolic OH excluding ortho intramolecular Hbond substituents is 1. The lowest BCUT2D eigenvalue weighted by molar-refractivity contribution is 0.281. The third kappa shape index (κ3) is 3.35. The molecule has 9 heteroatoms. The van der Waals surface area contributed by atoms with E-state index in [0.717, 1.165) is 0 Å². The van der Waals surface area contributed by atoms with E-state index < -0.39 is 5.82 Å². The maximum absolute atomic E-state index is 13.5. The van der Waals surface area contributed by atoms with Crippen LogP contribution in [0.3, 0.4) is 0 Å². The standard InChI is InChI=1S/C19H17FN6O2/c1-11(14-7-13(20)2-3-17(14)28)23-18-4-5-19-21-9-16(26(19)25-18)15-6-12(10-27)8-22-24-15/h2-9,11,27-28H,10H2,1H3,(H,23,25)/t11-/m1/s1. The van der Waals surface area contributed by atoms with Gasteiger partial charge in [0.05, 0.1) is 25.0 Å². The first-order chi connectivity index (χ1) is 13.5. The smallest absolute Gasteiger partial charge is 0.154 e. The molecule has 0 aliphatic carbocycles. The molecule has 142 valence electrons. The summed E-state index contributed by atoms with van der Waals surface area (Å²) in [7, 11) is 0. The van der Waals surface area contributed by atoms with Crippen LogP contribution in [0, 0.1) is 5.82 Å². The van der Waals surface area contributed by atoms with Gasteiger partial charge in [-0.2, -0.15) is 5.10 Å². The molecule has 8 nitrogen and oxygen atoms in total. The topological polar surface area (TPSA) is 108 Å². The summed E-state index contributed by atoms with van der Waals surface area (Å²) in [6, 6.07) is 8.66. The summed E-state index contributed by atoms with van der Waals surface area (Å²) in [5.74, 6) is 0.0835. The fourth-order valence-corrected chi connectivity index (χ4v) is 2.92. The van der Waals surface area contributed by atoms with Crippen LogP contribution in [-0.4, -0.2) is 35.0 Å². The Morgan fingerprint density at radius 3 is 2.86 bits per heavy atom. The maximum atomic E-state index is 13.5. The number of imidazole rings is 1. The van der Waals surface area contributed by atoms with Gasteiger partial charge >= 0.3 is 0 Å². The molecule has 0 unspecified atom stereocenters. The van der Waals surface area contributed by atoms with Crippen LogP contribution >= 0.6 is 0 Å². The minimum absolute atomic E-state index is 0.00175. The van der Waals surface area contributed by atoms with Crippen molar-refractivity contribution in [1.29, 1.82) is 0 Å². The second-order valence-corrected chi connectivity index (χ2v) is 6.31. The van der Waals surface area contributed by atoms with Crippen molar-refractivity contribution in [3.8, 4) is 17.1 Å². The zero-order valence-corrected chi connectivity index (χ0v) is 14.9. The SMILES string of the molecule is C[C@@H](Nc1ccc2ncc(-c3cc(CO)cnn3)n2n1)c1cc(F)ccc1O. The lowest BCUT2D eigenvalue weighted by Crippen LogP contribution is -2.10. The molecule has 0 aliphatic rings. The molecular formula is C19H17FN6O2. The number of aliphatic hydroxyl groups is 1. The Balaban J connectivity index is 1.68. The number of rotatable bonds is 5. The number of benzene rings is 1. The quantitative estimate of drug-likeness (QED) is 0.488. The van der Waals surface area contributed by atoms with E-state index >= 15 is 0 Å². The van der Waals surface area contributed by atoms with Crippen molar-refractivity contribution in [3.05, 3.63) is 65.7 Å². The number of anilines is 1. The second kappa shape index (κ2) is 7.20. The van der Waals surface area contributed by atoms with Gasteiger partial charge in [0.15, 0.2) is 5.65 Å². The Bertz CT molecular complexity index is 1150. The molecule has 3 N–H and O–H groups in total. The first-order valence-corrected chi connectivity index (χ1v) is 8.57. The van der Waals surface area contributed by atoms with Crippen molar-refractivity contribution in [2.24, 2.45) is 0 Å². The summed E-state index contributed by atoms with van der Waals surface area (Å²) in [6.45, 7) is 1.65. The van der Waals surface area contributed by atoms with Crippen molar-refractivity contribution in [1.82, 2.24) is 24.8 Å². The highest BCUT2D eigenvalue weighted by molar-refractivity contribution is 5.60. The van der Waals surface area contributed by atoms with E-state index in [0.29, 0.717) is 34.0 Å². The van der Waals surface area contributed by atoms with E-state index in [1.165, 1.54) is 24.4 Å². The highest BCUT2D eigenvalue weighted by Crippen LogP contribution is 2.27. The van der Waals surface area contributed by atoms with Gasteiger partial charge in [0.1, 0.15) is 28.8 Å². The average molecular weight is 380 g/mol. The Labute approximate surface area is 159 Å². The van der Waals surface area contributed by atoms with E-state index in [-0.39, 0.29) is 18.4 Å². The molecule has 0 saturated heterocycles. The number of hydrogen-bond donors (Lipinski definition) is 3. The maximum Gasteiger partial charge on any atom is 0.154 e. The van der Waals surface area contributed by atoms with Gasteiger partial charge in [0.25, 0.3) is 0 Å². The molecule has 28 heavy (non-hydrogen) atoms. The van der Waals surface area contributed by atoms with Gasteiger partial charge in [0, 0.05) is 5.56 Å². The Morgan fingerprint density at radius 1 is 1.18 bits per heavy atom. The number of phenols is 1. The minimum Gasteiger partial charge on any atom is -0.508 e. The summed E-state index contributed by atoms with van der Waals surface area (Å²) in [5, 5.41) is 34.9. The van der Waals surface area contributed by atoms with Crippen LogP contribution in [0.1, 0.15) is 24.1 Å². The molecule has 0 amide bonds. The normalized spacial score (nSPS) is 12.2. The molecule has 0 fully saturated rings. The molecule has 0 saturated carbocycles. The van der Waals surface area contributed by atoms with Crippen molar-refractivity contribution >= 4 is 11.5 Å². The molecule has 4 rings (SSSR count). The zero-order chi connectivity index (χ0) is 19.7. The predicted octanol–water partition coefficient (Wildman–Crippen LogP) is 2.70. The van der Waals surface area contributed by atoms with E-state index in [2.05, 4.69) is 25.6 Å². The first-order valence-electron chi connectivity index (χ1n) is 8.57. The Hall–Kier alpha value is -3.59.